The molecule has 1 N–H and O–H groups in total. The van der Waals surface area contributed by atoms with Crippen molar-refractivity contribution in [1.29, 1.82) is 0 Å². The highest BCUT2D eigenvalue weighted by Gasteiger charge is 2.15. The number of hydrogen-bond acceptors (Lipinski definition) is 4. The standard InChI is InChI=1S/C21H29NO2S/c23-21-8-12-22(13-9-21)11-2-1-3-14-24-16-18-4-6-19(7-5-18)20-10-15-25-17-20/h4-7,10,15,17,21,23H,1-3,8-9,11-14,16H2. The van der Waals surface area contributed by atoms with Gasteiger partial charge in [-0.3, -0.25) is 0 Å². The molecule has 0 spiro atoms. The van der Waals surface area contributed by atoms with Crippen molar-refractivity contribution in [3.05, 3.63) is 46.7 Å². The van der Waals surface area contributed by atoms with Crippen LogP contribution in [0, 0.1) is 0 Å². The van der Waals surface area contributed by atoms with Crippen LogP contribution >= 0.6 is 11.3 Å². The van der Waals surface area contributed by atoms with Crippen LogP contribution in [0.1, 0.15) is 37.7 Å². The van der Waals surface area contributed by atoms with E-state index in [1.165, 1.54) is 29.5 Å². The highest BCUT2D eigenvalue weighted by Crippen LogP contribution is 2.22. The van der Waals surface area contributed by atoms with E-state index in [9.17, 15) is 5.11 Å². The maximum atomic E-state index is 9.51. The van der Waals surface area contributed by atoms with E-state index in [2.05, 4.69) is 46.0 Å². The van der Waals surface area contributed by atoms with Gasteiger partial charge in [0.15, 0.2) is 0 Å². The Morgan fingerprint density at radius 2 is 1.80 bits per heavy atom. The summed E-state index contributed by atoms with van der Waals surface area (Å²) in [5.74, 6) is 0. The molecule has 1 fully saturated rings. The lowest BCUT2D eigenvalue weighted by Crippen LogP contribution is -2.36. The van der Waals surface area contributed by atoms with Gasteiger partial charge in [0.1, 0.15) is 0 Å². The van der Waals surface area contributed by atoms with Crippen LogP contribution < -0.4 is 0 Å². The first kappa shape index (κ1) is 18.6. The van der Waals surface area contributed by atoms with Crippen LogP contribution in [-0.2, 0) is 11.3 Å². The molecule has 0 bridgehead atoms. The van der Waals surface area contributed by atoms with Gasteiger partial charge in [-0.2, -0.15) is 11.3 Å². The van der Waals surface area contributed by atoms with E-state index >= 15 is 0 Å². The van der Waals surface area contributed by atoms with Gasteiger partial charge in [-0.25, -0.2) is 0 Å². The molecule has 3 rings (SSSR count). The molecule has 2 heterocycles. The van der Waals surface area contributed by atoms with Crippen LogP contribution in [-0.4, -0.2) is 42.4 Å². The second-order valence-corrected chi connectivity index (χ2v) is 7.68. The van der Waals surface area contributed by atoms with Crippen LogP contribution in [0.4, 0.5) is 0 Å². The van der Waals surface area contributed by atoms with Gasteiger partial charge in [0.05, 0.1) is 12.7 Å². The Morgan fingerprint density at radius 3 is 2.52 bits per heavy atom. The van der Waals surface area contributed by atoms with Gasteiger partial charge in [-0.05, 0) is 72.2 Å². The molecule has 4 heteroatoms. The van der Waals surface area contributed by atoms with Crippen LogP contribution in [0.5, 0.6) is 0 Å². The highest BCUT2D eigenvalue weighted by atomic mass is 32.1. The Kier molecular flexibility index (Phi) is 7.49. The zero-order valence-electron chi connectivity index (χ0n) is 14.9. The summed E-state index contributed by atoms with van der Waals surface area (Å²) in [4.78, 5) is 2.47. The lowest BCUT2D eigenvalue weighted by Gasteiger charge is -2.29. The van der Waals surface area contributed by atoms with Gasteiger partial charge in [0, 0.05) is 19.7 Å². The Bertz CT molecular complexity index is 589. The molecule has 0 saturated carbocycles. The van der Waals surface area contributed by atoms with Crippen molar-refractivity contribution in [3.8, 4) is 11.1 Å². The van der Waals surface area contributed by atoms with E-state index in [1.54, 1.807) is 11.3 Å². The molecule has 1 saturated heterocycles. The molecule has 1 aliphatic rings. The van der Waals surface area contributed by atoms with Crippen molar-refractivity contribution in [3.63, 3.8) is 0 Å². The Hall–Kier alpha value is -1.20. The van der Waals surface area contributed by atoms with Gasteiger partial charge in [-0.15, -0.1) is 0 Å². The van der Waals surface area contributed by atoms with Crippen molar-refractivity contribution >= 4 is 11.3 Å². The fourth-order valence-corrected chi connectivity index (χ4v) is 3.94. The van der Waals surface area contributed by atoms with Crippen molar-refractivity contribution in [2.45, 2.75) is 44.8 Å². The van der Waals surface area contributed by atoms with Crippen molar-refractivity contribution < 1.29 is 9.84 Å². The topological polar surface area (TPSA) is 32.7 Å². The molecule has 0 aliphatic carbocycles. The number of thiophene rings is 1. The molecule has 0 radical (unpaired) electrons. The zero-order chi connectivity index (χ0) is 17.3. The number of ether oxygens (including phenoxy) is 1. The summed E-state index contributed by atoms with van der Waals surface area (Å²) in [6, 6.07) is 10.8. The molecule has 0 unspecified atom stereocenters. The Balaban J connectivity index is 1.24. The number of piperidine rings is 1. The van der Waals surface area contributed by atoms with E-state index in [1.807, 2.05) is 0 Å². The van der Waals surface area contributed by atoms with Gasteiger partial charge >= 0.3 is 0 Å². The van der Waals surface area contributed by atoms with Gasteiger partial charge in [0.25, 0.3) is 0 Å². The van der Waals surface area contributed by atoms with Crippen LogP contribution in [0.25, 0.3) is 11.1 Å². The minimum Gasteiger partial charge on any atom is -0.393 e. The van der Waals surface area contributed by atoms with E-state index in [4.69, 9.17) is 4.74 Å². The number of likely N-dealkylation sites (tertiary alicyclic amines) is 1. The quantitative estimate of drug-likeness (QED) is 0.666. The molecular formula is C21H29NO2S. The second kappa shape index (κ2) is 10.1. The number of benzene rings is 1. The molecule has 25 heavy (non-hydrogen) atoms. The first-order valence-electron chi connectivity index (χ1n) is 9.41. The zero-order valence-corrected chi connectivity index (χ0v) is 15.7. The molecule has 136 valence electrons. The third-order valence-electron chi connectivity index (χ3n) is 4.90. The fraction of sp³-hybridized carbons (Fsp3) is 0.524. The van der Waals surface area contributed by atoms with Crippen molar-refractivity contribution in [2.75, 3.05) is 26.2 Å². The average molecular weight is 360 g/mol. The van der Waals surface area contributed by atoms with Crippen molar-refractivity contribution in [2.24, 2.45) is 0 Å². The first-order valence-corrected chi connectivity index (χ1v) is 10.4. The summed E-state index contributed by atoms with van der Waals surface area (Å²) in [5, 5.41) is 13.8. The monoisotopic (exact) mass is 359 g/mol. The Morgan fingerprint density at radius 1 is 1.00 bits per heavy atom. The number of rotatable bonds is 9. The third-order valence-corrected chi connectivity index (χ3v) is 5.58. The van der Waals surface area contributed by atoms with Gasteiger partial charge in [-0.1, -0.05) is 24.3 Å². The van der Waals surface area contributed by atoms with E-state index in [0.717, 1.165) is 45.5 Å². The Labute approximate surface area is 155 Å². The largest absolute Gasteiger partial charge is 0.393 e. The SMILES string of the molecule is OC1CCN(CCCCCOCc2ccc(-c3ccsc3)cc2)CC1. The summed E-state index contributed by atoms with van der Waals surface area (Å²) in [7, 11) is 0. The molecule has 1 aromatic heterocycles. The molecule has 1 aromatic carbocycles. The minimum absolute atomic E-state index is 0.0658. The highest BCUT2D eigenvalue weighted by molar-refractivity contribution is 7.08. The summed E-state index contributed by atoms with van der Waals surface area (Å²) in [5.41, 5.74) is 3.81. The molecular weight excluding hydrogens is 330 g/mol. The minimum atomic E-state index is -0.0658. The molecule has 0 atom stereocenters. The van der Waals surface area contributed by atoms with Crippen molar-refractivity contribution in [1.82, 2.24) is 4.90 Å². The van der Waals surface area contributed by atoms with Crippen LogP contribution in [0.15, 0.2) is 41.1 Å². The number of aliphatic hydroxyl groups excluding tert-OH is 1. The maximum absolute atomic E-state index is 9.51. The fourth-order valence-electron chi connectivity index (χ4n) is 3.27. The molecule has 1 aliphatic heterocycles. The van der Waals surface area contributed by atoms with E-state index in [-0.39, 0.29) is 6.10 Å². The summed E-state index contributed by atoms with van der Waals surface area (Å²) in [6.07, 6.45) is 5.39. The lowest BCUT2D eigenvalue weighted by atomic mass is 10.1. The average Bonchev–Trinajstić information content (AvgIpc) is 3.18. The third kappa shape index (κ3) is 6.23. The number of aliphatic hydroxyl groups is 1. The predicted molar refractivity (Wildman–Crippen MR) is 105 cm³/mol. The maximum Gasteiger partial charge on any atom is 0.0716 e. The van der Waals surface area contributed by atoms with E-state index < -0.39 is 0 Å². The van der Waals surface area contributed by atoms with Gasteiger partial charge in [0.2, 0.25) is 0 Å². The summed E-state index contributed by atoms with van der Waals surface area (Å²) in [6.45, 7) is 4.81. The first-order chi connectivity index (χ1) is 12.3. The van der Waals surface area contributed by atoms with Gasteiger partial charge < -0.3 is 14.7 Å². The van der Waals surface area contributed by atoms with Crippen LogP contribution in [0.3, 0.4) is 0 Å². The smallest absolute Gasteiger partial charge is 0.0716 e. The molecule has 0 amide bonds. The lowest BCUT2D eigenvalue weighted by molar-refractivity contribution is 0.0805. The van der Waals surface area contributed by atoms with E-state index in [0.29, 0.717) is 6.61 Å². The molecule has 2 aromatic rings. The second-order valence-electron chi connectivity index (χ2n) is 6.90. The predicted octanol–water partition coefficient (Wildman–Crippen LogP) is 4.56. The van der Waals surface area contributed by atoms with Crippen LogP contribution in [0.2, 0.25) is 0 Å². The number of nitrogens with zero attached hydrogens (tertiary/aromatic N) is 1. The normalized spacial score (nSPS) is 16.4. The summed E-state index contributed by atoms with van der Waals surface area (Å²) < 4.78 is 5.81. The summed E-state index contributed by atoms with van der Waals surface area (Å²) >= 11 is 1.73. The molecule has 3 nitrogen and oxygen atoms in total. The number of hydrogen-bond donors (Lipinski definition) is 1. The number of unbranched alkanes of at least 4 members (excludes halogenated alkanes) is 2.